The maximum Gasteiger partial charge on any atom is 0.272 e. The van der Waals surface area contributed by atoms with E-state index in [9.17, 15) is 14.4 Å². The molecule has 3 aromatic rings. The summed E-state index contributed by atoms with van der Waals surface area (Å²) >= 11 is 0. The number of benzene rings is 2. The second-order valence-corrected chi connectivity index (χ2v) is 10.1. The van der Waals surface area contributed by atoms with Crippen LogP contribution in [-0.2, 0) is 21.5 Å². The molecule has 1 saturated heterocycles. The van der Waals surface area contributed by atoms with Gasteiger partial charge in [-0.1, -0.05) is 37.3 Å². The predicted octanol–water partition coefficient (Wildman–Crippen LogP) is 3.06. The first-order valence-electron chi connectivity index (χ1n) is 13.3. The number of hydrogen-bond donors (Lipinski definition) is 1. The first-order valence-corrected chi connectivity index (χ1v) is 13.3. The molecule has 1 N–H and O–H groups in total. The van der Waals surface area contributed by atoms with Crippen molar-refractivity contribution in [3.63, 3.8) is 0 Å². The van der Waals surface area contributed by atoms with Crippen LogP contribution in [0, 0.1) is 0 Å². The number of fused-ring (bicyclic) bond motifs is 6. The monoisotopic (exact) mass is 513 g/mol. The number of nitrogens with one attached hydrogen (secondary N) is 1. The molecular formula is C29H31N5O4. The Kier molecular flexibility index (Phi) is 6.13. The lowest BCUT2D eigenvalue weighted by molar-refractivity contribution is -0.127. The Labute approximate surface area is 221 Å². The van der Waals surface area contributed by atoms with E-state index in [4.69, 9.17) is 4.74 Å². The molecule has 196 valence electrons. The molecule has 6 rings (SSSR count). The van der Waals surface area contributed by atoms with E-state index in [1.807, 2.05) is 60.4 Å². The van der Waals surface area contributed by atoms with E-state index in [1.165, 1.54) is 0 Å². The first-order chi connectivity index (χ1) is 18.5. The summed E-state index contributed by atoms with van der Waals surface area (Å²) in [5.41, 5.74) is 1.89. The number of aromatic nitrogens is 2. The minimum atomic E-state index is -1.02. The number of likely N-dealkylation sites (tertiary alicyclic amines) is 1. The topological polar surface area (TPSA) is 96.8 Å². The maximum absolute atomic E-state index is 14.5. The second-order valence-electron chi connectivity index (χ2n) is 10.1. The van der Waals surface area contributed by atoms with Crippen LogP contribution in [0.3, 0.4) is 0 Å². The molecule has 1 aromatic heterocycles. The fourth-order valence-electron chi connectivity index (χ4n) is 6.24. The van der Waals surface area contributed by atoms with Gasteiger partial charge in [-0.3, -0.25) is 19.1 Å². The normalized spacial score (nSPS) is 22.8. The van der Waals surface area contributed by atoms with Gasteiger partial charge in [-0.25, -0.2) is 0 Å². The molecule has 9 nitrogen and oxygen atoms in total. The Balaban J connectivity index is 1.53. The molecule has 3 aliphatic rings. The zero-order chi connectivity index (χ0) is 26.3. The number of rotatable bonds is 3. The van der Waals surface area contributed by atoms with Crippen LogP contribution in [0.15, 0.2) is 60.8 Å². The lowest BCUT2D eigenvalue weighted by Crippen LogP contribution is -2.48. The molecule has 38 heavy (non-hydrogen) atoms. The third-order valence-corrected chi connectivity index (χ3v) is 7.85. The van der Waals surface area contributed by atoms with Crippen LogP contribution < -0.4 is 15.0 Å². The second kappa shape index (κ2) is 9.63. The zero-order valence-corrected chi connectivity index (χ0v) is 21.4. The number of para-hydroxylation sites is 1. The number of carbonyl (C=O) groups excluding carboxylic acids is 3. The molecule has 2 aromatic carbocycles. The average Bonchev–Trinajstić information content (AvgIpc) is 3.61. The van der Waals surface area contributed by atoms with Gasteiger partial charge in [-0.05, 0) is 54.7 Å². The standard InChI is InChI=1S/C29H31N5O4/c1-2-15-34-24(11-14-31-34)27(36)32-16-12-29-22-9-3-4-10-23(22)33(28(29)37)19-25(35)30-13-6-17-38-21-8-5-7-20(18-21)26(29)32/h3-5,7-11,14,18,26H,2,6,12-13,15-17,19H2,1H3,(H,30,35)/t26-,29+/m0/s1. The van der Waals surface area contributed by atoms with E-state index in [0.29, 0.717) is 50.5 Å². The van der Waals surface area contributed by atoms with Gasteiger partial charge in [0.15, 0.2) is 0 Å². The minimum Gasteiger partial charge on any atom is -0.494 e. The van der Waals surface area contributed by atoms with E-state index in [1.54, 1.807) is 21.8 Å². The van der Waals surface area contributed by atoms with E-state index in [2.05, 4.69) is 10.4 Å². The first kappa shape index (κ1) is 24.2. The number of amides is 3. The van der Waals surface area contributed by atoms with E-state index in [0.717, 1.165) is 23.2 Å². The fraction of sp³-hybridized carbons (Fsp3) is 0.379. The summed E-state index contributed by atoms with van der Waals surface area (Å²) in [6.07, 6.45) is 3.58. The van der Waals surface area contributed by atoms with Crippen LogP contribution in [0.4, 0.5) is 5.69 Å². The Bertz CT molecular complexity index is 1400. The van der Waals surface area contributed by atoms with Crippen LogP contribution >= 0.6 is 0 Å². The van der Waals surface area contributed by atoms with Crippen LogP contribution in [0.1, 0.15) is 53.8 Å². The van der Waals surface area contributed by atoms with Crippen LogP contribution in [0.5, 0.6) is 5.75 Å². The summed E-state index contributed by atoms with van der Waals surface area (Å²) in [4.78, 5) is 44.8. The van der Waals surface area contributed by atoms with Crippen LogP contribution in [-0.4, -0.2) is 58.6 Å². The molecule has 9 heteroatoms. The third kappa shape index (κ3) is 3.76. The Morgan fingerprint density at radius 3 is 2.89 bits per heavy atom. The molecule has 0 saturated carbocycles. The summed E-state index contributed by atoms with van der Waals surface area (Å²) in [6, 6.07) is 16.5. The summed E-state index contributed by atoms with van der Waals surface area (Å²) in [6.45, 7) is 3.91. The molecule has 0 aliphatic carbocycles. The highest BCUT2D eigenvalue weighted by Gasteiger charge is 2.62. The quantitative estimate of drug-likeness (QED) is 0.581. The van der Waals surface area contributed by atoms with Crippen molar-refractivity contribution in [1.29, 1.82) is 0 Å². The van der Waals surface area contributed by atoms with Crippen LogP contribution in [0.25, 0.3) is 0 Å². The van der Waals surface area contributed by atoms with Gasteiger partial charge >= 0.3 is 0 Å². The summed E-state index contributed by atoms with van der Waals surface area (Å²) in [5.74, 6) is 0.144. The molecule has 0 unspecified atom stereocenters. The lowest BCUT2D eigenvalue weighted by atomic mass is 9.72. The van der Waals surface area contributed by atoms with Crippen LogP contribution in [0.2, 0.25) is 0 Å². The molecule has 3 amide bonds. The molecule has 0 radical (unpaired) electrons. The number of hydrogen-bond acceptors (Lipinski definition) is 5. The van der Waals surface area contributed by atoms with E-state index >= 15 is 0 Å². The number of aryl methyl sites for hydroxylation is 1. The Hall–Kier alpha value is -4.14. The summed E-state index contributed by atoms with van der Waals surface area (Å²) in [7, 11) is 0. The largest absolute Gasteiger partial charge is 0.494 e. The smallest absolute Gasteiger partial charge is 0.272 e. The summed E-state index contributed by atoms with van der Waals surface area (Å²) in [5, 5.41) is 7.28. The van der Waals surface area contributed by atoms with Crippen molar-refractivity contribution in [3.05, 3.63) is 77.6 Å². The highest BCUT2D eigenvalue weighted by atomic mass is 16.5. The Morgan fingerprint density at radius 2 is 2.03 bits per heavy atom. The number of nitrogens with zero attached hydrogens (tertiary/aromatic N) is 4. The van der Waals surface area contributed by atoms with Gasteiger partial charge in [0.1, 0.15) is 23.4 Å². The number of ether oxygens (including phenoxy) is 1. The fourth-order valence-corrected chi connectivity index (χ4v) is 6.24. The summed E-state index contributed by atoms with van der Waals surface area (Å²) < 4.78 is 7.74. The molecule has 4 heterocycles. The van der Waals surface area contributed by atoms with Gasteiger partial charge in [-0.2, -0.15) is 5.10 Å². The maximum atomic E-state index is 14.5. The van der Waals surface area contributed by atoms with Crippen molar-refractivity contribution in [3.8, 4) is 5.75 Å². The minimum absolute atomic E-state index is 0.0670. The molecular weight excluding hydrogens is 482 g/mol. The highest BCUT2D eigenvalue weighted by Crippen LogP contribution is 2.57. The van der Waals surface area contributed by atoms with Gasteiger partial charge in [0.05, 0.1) is 12.6 Å². The van der Waals surface area contributed by atoms with Crippen molar-refractivity contribution in [2.45, 2.75) is 44.2 Å². The lowest BCUT2D eigenvalue weighted by Gasteiger charge is -2.35. The highest BCUT2D eigenvalue weighted by molar-refractivity contribution is 6.12. The van der Waals surface area contributed by atoms with E-state index < -0.39 is 11.5 Å². The number of anilines is 1. The Morgan fingerprint density at radius 1 is 1.16 bits per heavy atom. The van der Waals surface area contributed by atoms with E-state index in [-0.39, 0.29) is 24.3 Å². The zero-order valence-electron chi connectivity index (χ0n) is 21.4. The molecule has 1 fully saturated rings. The van der Waals surface area contributed by atoms with Gasteiger partial charge in [0.2, 0.25) is 11.8 Å². The van der Waals surface area contributed by atoms with Crippen molar-refractivity contribution >= 4 is 23.4 Å². The van der Waals surface area contributed by atoms with Crippen molar-refractivity contribution in [1.82, 2.24) is 20.0 Å². The van der Waals surface area contributed by atoms with Crippen molar-refractivity contribution in [2.24, 2.45) is 0 Å². The van der Waals surface area contributed by atoms with Gasteiger partial charge in [0.25, 0.3) is 5.91 Å². The molecule has 2 atom stereocenters. The SMILES string of the molecule is CCCn1nccc1C(=O)N1CC[C@]23C(=O)N(CC(=O)NCCCOc4cccc(c4)[C@H]12)c1ccccc13. The van der Waals surface area contributed by atoms with Crippen molar-refractivity contribution < 1.29 is 19.1 Å². The number of carbonyl (C=O) groups is 3. The molecule has 3 aliphatic heterocycles. The van der Waals surface area contributed by atoms with Gasteiger partial charge < -0.3 is 19.9 Å². The van der Waals surface area contributed by atoms with Crippen molar-refractivity contribution in [2.75, 3.05) is 31.1 Å². The van der Waals surface area contributed by atoms with Gasteiger partial charge in [-0.15, -0.1) is 0 Å². The third-order valence-electron chi connectivity index (χ3n) is 7.85. The molecule has 1 spiro atoms. The average molecular weight is 514 g/mol. The predicted molar refractivity (Wildman–Crippen MR) is 141 cm³/mol. The van der Waals surface area contributed by atoms with Gasteiger partial charge in [0, 0.05) is 31.5 Å². The molecule has 4 bridgehead atoms.